The summed E-state index contributed by atoms with van der Waals surface area (Å²) < 4.78 is 7.79. The van der Waals surface area contributed by atoms with Crippen LogP contribution in [0.3, 0.4) is 0 Å². The lowest BCUT2D eigenvalue weighted by Crippen LogP contribution is -2.05. The van der Waals surface area contributed by atoms with E-state index in [1.54, 1.807) is 0 Å². The second-order valence-corrected chi connectivity index (χ2v) is 6.96. The molecule has 0 amide bonds. The minimum Gasteiger partial charge on any atom is -0.493 e. The van der Waals surface area contributed by atoms with Gasteiger partial charge in [0, 0.05) is 16.9 Å². The molecule has 0 saturated carbocycles. The summed E-state index contributed by atoms with van der Waals surface area (Å²) >= 11 is 0. The molecular weight excluding hydrogens is 374 g/mol. The van der Waals surface area contributed by atoms with Crippen molar-refractivity contribution in [3.05, 3.63) is 90.3 Å². The van der Waals surface area contributed by atoms with Crippen molar-refractivity contribution in [3.63, 3.8) is 0 Å². The van der Waals surface area contributed by atoms with Gasteiger partial charge in [0.25, 0.3) is 0 Å². The van der Waals surface area contributed by atoms with Crippen LogP contribution < -0.4 is 4.74 Å². The van der Waals surface area contributed by atoms with Gasteiger partial charge in [0.2, 0.25) is 0 Å². The summed E-state index contributed by atoms with van der Waals surface area (Å²) in [7, 11) is 0. The van der Waals surface area contributed by atoms with Gasteiger partial charge < -0.3 is 14.4 Å². The number of aliphatic carboxylic acids is 1. The Balaban J connectivity index is 2.04. The lowest BCUT2D eigenvalue weighted by atomic mass is 10.1. The Morgan fingerprint density at radius 2 is 1.77 bits per heavy atom. The Morgan fingerprint density at radius 1 is 1.07 bits per heavy atom. The molecule has 4 nitrogen and oxygen atoms in total. The van der Waals surface area contributed by atoms with Crippen LogP contribution in [-0.2, 0) is 4.79 Å². The molecule has 0 aliphatic heterocycles. The number of carbonyl (C=O) groups is 1. The fourth-order valence-electron chi connectivity index (χ4n) is 3.52. The van der Waals surface area contributed by atoms with Gasteiger partial charge in [-0.25, -0.2) is 0 Å². The van der Waals surface area contributed by atoms with E-state index < -0.39 is 5.97 Å². The maximum Gasteiger partial charge on any atom is 0.306 e. The molecule has 0 fully saturated rings. The number of benzene rings is 2. The normalized spacial score (nSPS) is 11.8. The van der Waals surface area contributed by atoms with Crippen LogP contribution in [0.2, 0.25) is 0 Å². The van der Waals surface area contributed by atoms with Crippen molar-refractivity contribution in [2.24, 2.45) is 0 Å². The third-order valence-electron chi connectivity index (χ3n) is 4.96. The van der Waals surface area contributed by atoms with Crippen LogP contribution in [0.5, 0.6) is 5.75 Å². The average Bonchev–Trinajstić information content (AvgIpc) is 3.10. The van der Waals surface area contributed by atoms with Crippen LogP contribution in [-0.4, -0.2) is 22.2 Å². The van der Waals surface area contributed by atoms with Crippen LogP contribution in [0.15, 0.2) is 78.9 Å². The second kappa shape index (κ2) is 9.79. The fraction of sp³-hybridized carbons (Fsp3) is 0.192. The van der Waals surface area contributed by atoms with Crippen LogP contribution in [0.1, 0.15) is 31.7 Å². The van der Waals surface area contributed by atoms with Crippen molar-refractivity contribution in [3.8, 4) is 22.6 Å². The molecule has 0 saturated heterocycles. The van der Waals surface area contributed by atoms with Crippen LogP contribution in [0.4, 0.5) is 0 Å². The molecule has 3 rings (SSSR count). The molecule has 4 heteroatoms. The van der Waals surface area contributed by atoms with E-state index in [9.17, 15) is 4.79 Å². The van der Waals surface area contributed by atoms with E-state index >= 15 is 0 Å². The van der Waals surface area contributed by atoms with Gasteiger partial charge in [0.15, 0.2) is 0 Å². The number of nitrogens with zero attached hydrogens (tertiary/aromatic N) is 1. The third-order valence-corrected chi connectivity index (χ3v) is 4.96. The van der Waals surface area contributed by atoms with E-state index in [1.807, 2.05) is 50.3 Å². The molecule has 0 bridgehead atoms. The number of carboxylic acids is 1. The lowest BCUT2D eigenvalue weighted by Gasteiger charge is -2.14. The zero-order valence-electron chi connectivity index (χ0n) is 17.6. The van der Waals surface area contributed by atoms with E-state index in [0.717, 1.165) is 22.6 Å². The molecule has 3 aromatic rings. The first-order valence-electron chi connectivity index (χ1n) is 10.1. The highest BCUT2D eigenvalue weighted by Gasteiger charge is 2.16. The van der Waals surface area contributed by atoms with Crippen molar-refractivity contribution in [2.75, 3.05) is 6.61 Å². The van der Waals surface area contributed by atoms with Gasteiger partial charge in [0.05, 0.1) is 18.7 Å². The molecule has 0 spiro atoms. The Kier molecular flexibility index (Phi) is 6.91. The predicted molar refractivity (Wildman–Crippen MR) is 122 cm³/mol. The number of hydrogen-bond donors (Lipinski definition) is 1. The number of ether oxygens (including phenoxy) is 1. The van der Waals surface area contributed by atoms with Crippen molar-refractivity contribution in [2.45, 2.75) is 27.2 Å². The van der Waals surface area contributed by atoms with E-state index in [0.29, 0.717) is 5.75 Å². The molecular formula is C26H27NO3. The minimum atomic E-state index is -0.865. The molecule has 1 aromatic heterocycles. The monoisotopic (exact) mass is 401 g/mol. The number of carboxylic acid groups (broad SMARTS) is 1. The van der Waals surface area contributed by atoms with Crippen molar-refractivity contribution >= 4 is 11.5 Å². The molecule has 0 aliphatic rings. The molecule has 0 atom stereocenters. The first kappa shape index (κ1) is 21.2. The van der Waals surface area contributed by atoms with Gasteiger partial charge in [-0.15, -0.1) is 0 Å². The maximum atomic E-state index is 10.7. The predicted octanol–water partition coefficient (Wildman–Crippen LogP) is 6.29. The molecule has 0 aliphatic carbocycles. The number of rotatable bonds is 8. The van der Waals surface area contributed by atoms with Gasteiger partial charge in [0.1, 0.15) is 5.75 Å². The first-order valence-corrected chi connectivity index (χ1v) is 10.1. The van der Waals surface area contributed by atoms with Crippen molar-refractivity contribution in [1.82, 2.24) is 4.57 Å². The summed E-state index contributed by atoms with van der Waals surface area (Å²) in [6.07, 6.45) is 6.26. The van der Waals surface area contributed by atoms with E-state index in [4.69, 9.17) is 9.84 Å². The van der Waals surface area contributed by atoms with Crippen LogP contribution in [0, 0.1) is 6.92 Å². The summed E-state index contributed by atoms with van der Waals surface area (Å²) in [5.74, 6) is -0.204. The second-order valence-electron chi connectivity index (χ2n) is 6.96. The first-order chi connectivity index (χ1) is 14.5. The third kappa shape index (κ3) is 4.71. The Morgan fingerprint density at radius 3 is 2.37 bits per heavy atom. The molecule has 1 heterocycles. The highest BCUT2D eigenvalue weighted by Crippen LogP contribution is 2.33. The largest absolute Gasteiger partial charge is 0.493 e. The molecule has 1 N–H and O–H groups in total. The number of allylic oxidation sites excluding steroid dienone is 4. The molecule has 0 unspecified atom stereocenters. The summed E-state index contributed by atoms with van der Waals surface area (Å²) in [5, 5.41) is 8.77. The smallest absolute Gasteiger partial charge is 0.306 e. The Labute approximate surface area is 177 Å². The zero-order valence-corrected chi connectivity index (χ0v) is 17.6. The Hall–Kier alpha value is -3.53. The Bertz CT molecular complexity index is 1060. The molecule has 0 radical (unpaired) electrons. The van der Waals surface area contributed by atoms with Gasteiger partial charge in [-0.2, -0.15) is 0 Å². The van der Waals surface area contributed by atoms with Gasteiger partial charge in [-0.05, 0) is 62.2 Å². The van der Waals surface area contributed by atoms with E-state index in [1.165, 1.54) is 11.1 Å². The zero-order chi connectivity index (χ0) is 21.5. The summed E-state index contributed by atoms with van der Waals surface area (Å²) in [4.78, 5) is 10.7. The van der Waals surface area contributed by atoms with E-state index in [-0.39, 0.29) is 13.0 Å². The molecule has 30 heavy (non-hydrogen) atoms. The summed E-state index contributed by atoms with van der Waals surface area (Å²) in [6, 6.07) is 20.4. The number of aromatic nitrogens is 1. The van der Waals surface area contributed by atoms with E-state index in [2.05, 4.69) is 54.0 Å². The lowest BCUT2D eigenvalue weighted by molar-refractivity contribution is -0.137. The summed E-state index contributed by atoms with van der Waals surface area (Å²) in [5.41, 5.74) is 6.81. The topological polar surface area (TPSA) is 51.5 Å². The quantitative estimate of drug-likeness (QED) is 0.452. The highest BCUT2D eigenvalue weighted by molar-refractivity contribution is 5.80. The van der Waals surface area contributed by atoms with Crippen molar-refractivity contribution < 1.29 is 14.6 Å². The van der Waals surface area contributed by atoms with Crippen LogP contribution in [0.25, 0.3) is 22.4 Å². The van der Waals surface area contributed by atoms with Gasteiger partial charge in [-0.1, -0.05) is 48.6 Å². The van der Waals surface area contributed by atoms with Crippen LogP contribution >= 0.6 is 0 Å². The average molecular weight is 402 g/mol. The standard InChI is InChI=1S/C26H27NO3/c1-4-9-20(5-2)25-18-24(21-10-7-6-8-11-21)19(3)27(25)22-12-14-23(15-13-22)30-17-16-26(28)29/h4-15,18H,16-17H2,1-3H3,(H,28,29)/b9-4-,20-5+. The summed E-state index contributed by atoms with van der Waals surface area (Å²) in [6.45, 7) is 6.35. The number of hydrogen-bond acceptors (Lipinski definition) is 2. The molecule has 154 valence electrons. The maximum absolute atomic E-state index is 10.7. The molecule has 2 aromatic carbocycles. The van der Waals surface area contributed by atoms with Crippen molar-refractivity contribution in [1.29, 1.82) is 0 Å². The van der Waals surface area contributed by atoms with Gasteiger partial charge >= 0.3 is 5.97 Å². The minimum absolute atomic E-state index is 0.0168. The fourth-order valence-corrected chi connectivity index (χ4v) is 3.52. The SMILES string of the molecule is C/C=C\C(=C/C)c1cc(-c2ccccc2)c(C)n1-c1ccc(OCCC(=O)O)cc1. The highest BCUT2D eigenvalue weighted by atomic mass is 16.5. The van der Waals surface area contributed by atoms with Gasteiger partial charge in [-0.3, -0.25) is 4.79 Å².